The molecule has 1 fully saturated rings. The molecule has 1 aromatic heterocycles. The lowest BCUT2D eigenvalue weighted by atomic mass is 9.93. The van der Waals surface area contributed by atoms with Gasteiger partial charge in [-0.15, -0.1) is 5.10 Å². The van der Waals surface area contributed by atoms with E-state index in [-0.39, 0.29) is 29.8 Å². The van der Waals surface area contributed by atoms with Crippen molar-refractivity contribution in [2.45, 2.75) is 18.9 Å². The second kappa shape index (κ2) is 7.50. The zero-order chi connectivity index (χ0) is 20.5. The summed E-state index contributed by atoms with van der Waals surface area (Å²) >= 11 is 0. The summed E-state index contributed by atoms with van der Waals surface area (Å²) in [4.78, 5) is 12.3. The Labute approximate surface area is 165 Å². The minimum atomic E-state index is -0.973. The Kier molecular flexibility index (Phi) is 4.87. The second-order valence-corrected chi connectivity index (χ2v) is 6.76. The molecule has 1 saturated heterocycles. The molecule has 9 heteroatoms. The van der Waals surface area contributed by atoms with Gasteiger partial charge in [-0.25, -0.2) is 8.78 Å². The molecular formula is C20H18F2N4O3. The lowest BCUT2D eigenvalue weighted by Gasteiger charge is -2.19. The Morgan fingerprint density at radius 3 is 2.52 bits per heavy atom. The maximum absolute atomic E-state index is 14.5. The first-order valence-corrected chi connectivity index (χ1v) is 8.94. The minimum absolute atomic E-state index is 0.0121. The van der Waals surface area contributed by atoms with E-state index in [1.54, 1.807) is 0 Å². The monoisotopic (exact) mass is 400 g/mol. The summed E-state index contributed by atoms with van der Waals surface area (Å²) in [5.74, 6) is -2.47. The number of hydrogen-bond acceptors (Lipinski definition) is 6. The number of amides is 1. The molecule has 1 aliphatic heterocycles. The number of nitrogens with zero attached hydrogens (tertiary/aromatic N) is 2. The van der Waals surface area contributed by atoms with Crippen molar-refractivity contribution in [2.24, 2.45) is 0 Å². The number of ether oxygens (including phenoxy) is 1. The normalized spacial score (nSPS) is 18.6. The Hall–Kier alpha value is -3.49. The molecular weight excluding hydrogens is 382 g/mol. The van der Waals surface area contributed by atoms with E-state index in [9.17, 15) is 13.6 Å². The van der Waals surface area contributed by atoms with Crippen LogP contribution in [0.4, 0.5) is 14.8 Å². The SMILES string of the molecule is COc1cc(F)c([C@@H]2CNC(=O)[C@H]2Nc2nnc(-c3ccc(C)cc3)o2)c(F)c1. The fourth-order valence-corrected chi connectivity index (χ4v) is 3.32. The lowest BCUT2D eigenvalue weighted by Crippen LogP contribution is -2.33. The van der Waals surface area contributed by atoms with Crippen molar-refractivity contribution in [3.8, 4) is 17.2 Å². The molecule has 0 bridgehead atoms. The maximum Gasteiger partial charge on any atom is 0.316 e. The van der Waals surface area contributed by atoms with Gasteiger partial charge in [-0.05, 0) is 19.1 Å². The number of rotatable bonds is 5. The van der Waals surface area contributed by atoms with Crippen LogP contribution in [-0.4, -0.2) is 35.8 Å². The molecule has 0 saturated carbocycles. The Morgan fingerprint density at radius 2 is 1.86 bits per heavy atom. The van der Waals surface area contributed by atoms with Gasteiger partial charge in [0.2, 0.25) is 11.8 Å². The van der Waals surface area contributed by atoms with E-state index in [1.807, 2.05) is 31.2 Å². The summed E-state index contributed by atoms with van der Waals surface area (Å²) in [7, 11) is 1.32. The van der Waals surface area contributed by atoms with Crippen LogP contribution in [0.1, 0.15) is 17.0 Å². The molecule has 4 rings (SSSR count). The second-order valence-electron chi connectivity index (χ2n) is 6.76. The fourth-order valence-electron chi connectivity index (χ4n) is 3.32. The summed E-state index contributed by atoms with van der Waals surface area (Å²) in [6, 6.07) is 8.66. The van der Waals surface area contributed by atoms with Crippen molar-refractivity contribution in [1.82, 2.24) is 15.5 Å². The van der Waals surface area contributed by atoms with E-state index in [0.717, 1.165) is 23.3 Å². The van der Waals surface area contributed by atoms with Crippen molar-refractivity contribution < 1.29 is 22.7 Å². The van der Waals surface area contributed by atoms with Crippen LogP contribution in [0.5, 0.6) is 5.75 Å². The van der Waals surface area contributed by atoms with Gasteiger partial charge in [0.25, 0.3) is 0 Å². The van der Waals surface area contributed by atoms with Crippen molar-refractivity contribution in [1.29, 1.82) is 0 Å². The predicted octanol–water partition coefficient (Wildman–Crippen LogP) is 3.03. The topological polar surface area (TPSA) is 89.3 Å². The van der Waals surface area contributed by atoms with Crippen LogP contribution in [0.3, 0.4) is 0 Å². The number of anilines is 1. The lowest BCUT2D eigenvalue weighted by molar-refractivity contribution is -0.119. The third kappa shape index (κ3) is 3.63. The molecule has 29 heavy (non-hydrogen) atoms. The van der Waals surface area contributed by atoms with E-state index in [4.69, 9.17) is 9.15 Å². The van der Waals surface area contributed by atoms with Crippen molar-refractivity contribution in [2.75, 3.05) is 19.0 Å². The molecule has 0 unspecified atom stereocenters. The molecule has 2 aromatic carbocycles. The van der Waals surface area contributed by atoms with Gasteiger partial charge in [-0.1, -0.05) is 22.8 Å². The third-order valence-electron chi connectivity index (χ3n) is 4.84. The largest absolute Gasteiger partial charge is 0.497 e. The molecule has 7 nitrogen and oxygen atoms in total. The molecule has 0 radical (unpaired) electrons. The average Bonchev–Trinajstić information content (AvgIpc) is 3.30. The number of aryl methyl sites for hydroxylation is 1. The highest BCUT2D eigenvalue weighted by atomic mass is 19.1. The zero-order valence-corrected chi connectivity index (χ0v) is 15.7. The first-order chi connectivity index (χ1) is 14.0. The predicted molar refractivity (Wildman–Crippen MR) is 101 cm³/mol. The number of hydrogen-bond donors (Lipinski definition) is 2. The van der Waals surface area contributed by atoms with Gasteiger partial charge in [0, 0.05) is 35.7 Å². The van der Waals surface area contributed by atoms with E-state index in [2.05, 4.69) is 20.8 Å². The van der Waals surface area contributed by atoms with Crippen molar-refractivity contribution in [3.05, 3.63) is 59.2 Å². The molecule has 2 atom stereocenters. The number of carbonyl (C=O) groups is 1. The van der Waals surface area contributed by atoms with Gasteiger partial charge in [0.15, 0.2) is 0 Å². The molecule has 0 aliphatic carbocycles. The molecule has 1 aliphatic rings. The van der Waals surface area contributed by atoms with Crippen molar-refractivity contribution >= 4 is 11.9 Å². The Balaban J connectivity index is 1.59. The highest BCUT2D eigenvalue weighted by Gasteiger charge is 2.40. The number of halogens is 2. The fraction of sp³-hybridized carbons (Fsp3) is 0.250. The van der Waals surface area contributed by atoms with E-state index in [1.165, 1.54) is 7.11 Å². The number of aromatic nitrogens is 2. The summed E-state index contributed by atoms with van der Waals surface area (Å²) in [6.07, 6.45) is 0. The third-order valence-corrected chi connectivity index (χ3v) is 4.84. The quantitative estimate of drug-likeness (QED) is 0.684. The van der Waals surface area contributed by atoms with Gasteiger partial charge in [0.05, 0.1) is 7.11 Å². The van der Waals surface area contributed by atoms with Gasteiger partial charge >= 0.3 is 6.01 Å². The highest BCUT2D eigenvalue weighted by Crippen LogP contribution is 2.33. The number of benzene rings is 2. The van der Waals surface area contributed by atoms with Crippen molar-refractivity contribution in [3.63, 3.8) is 0 Å². The summed E-state index contributed by atoms with van der Waals surface area (Å²) in [5, 5.41) is 13.3. The number of methoxy groups -OCH3 is 1. The van der Waals surface area contributed by atoms with Crippen LogP contribution >= 0.6 is 0 Å². The summed E-state index contributed by atoms with van der Waals surface area (Å²) < 4.78 is 39.5. The molecule has 2 heterocycles. The van der Waals surface area contributed by atoms with E-state index < -0.39 is 29.5 Å². The highest BCUT2D eigenvalue weighted by molar-refractivity contribution is 5.88. The maximum atomic E-state index is 14.5. The van der Waals surface area contributed by atoms with Gasteiger partial charge in [-0.3, -0.25) is 4.79 Å². The van der Waals surface area contributed by atoms with Crippen LogP contribution in [0.2, 0.25) is 0 Å². The van der Waals surface area contributed by atoms with Gasteiger partial charge in [-0.2, -0.15) is 0 Å². The van der Waals surface area contributed by atoms with Crippen LogP contribution in [-0.2, 0) is 4.79 Å². The molecule has 0 spiro atoms. The van der Waals surface area contributed by atoms with Gasteiger partial charge in [0.1, 0.15) is 23.4 Å². The first-order valence-electron chi connectivity index (χ1n) is 8.94. The minimum Gasteiger partial charge on any atom is -0.497 e. The standard InChI is InChI=1S/C20H18F2N4O3/c1-10-3-5-11(6-4-10)19-25-26-20(29-19)24-17-13(9-23-18(17)27)16-14(21)7-12(28-2)8-15(16)22/h3-8,13,17H,9H2,1-2H3,(H,23,27)(H,24,26)/t13-,17-/m0/s1. The summed E-state index contributed by atoms with van der Waals surface area (Å²) in [6.45, 7) is 2.02. The smallest absolute Gasteiger partial charge is 0.316 e. The Morgan fingerprint density at radius 1 is 1.17 bits per heavy atom. The van der Waals surface area contributed by atoms with Crippen LogP contribution in [0, 0.1) is 18.6 Å². The van der Waals surface area contributed by atoms with Crippen LogP contribution in [0.25, 0.3) is 11.5 Å². The first kappa shape index (κ1) is 18.9. The molecule has 1 amide bonds. The molecule has 3 aromatic rings. The average molecular weight is 400 g/mol. The molecule has 2 N–H and O–H groups in total. The van der Waals surface area contributed by atoms with E-state index >= 15 is 0 Å². The van der Waals surface area contributed by atoms with Gasteiger partial charge < -0.3 is 19.8 Å². The number of nitrogens with one attached hydrogen (secondary N) is 2. The van der Waals surface area contributed by atoms with E-state index in [0.29, 0.717) is 0 Å². The number of carbonyl (C=O) groups excluding carboxylic acids is 1. The Bertz CT molecular complexity index is 1030. The molecule has 150 valence electrons. The zero-order valence-electron chi connectivity index (χ0n) is 15.7. The van der Waals surface area contributed by atoms with Crippen LogP contribution in [0.15, 0.2) is 40.8 Å². The summed E-state index contributed by atoms with van der Waals surface area (Å²) in [5.41, 5.74) is 1.59. The van der Waals surface area contributed by atoms with Crippen LogP contribution < -0.4 is 15.4 Å².